The second kappa shape index (κ2) is 3.89. The van der Waals surface area contributed by atoms with Gasteiger partial charge in [-0.2, -0.15) is 0 Å². The van der Waals surface area contributed by atoms with Crippen LogP contribution in [0.15, 0.2) is 24.3 Å². The normalized spacial score (nSPS) is 18.5. The molecule has 2 rings (SSSR count). The second-order valence-electron chi connectivity index (χ2n) is 5.97. The molecule has 0 radical (unpaired) electrons. The molecule has 1 aromatic carbocycles. The van der Waals surface area contributed by atoms with Gasteiger partial charge in [-0.05, 0) is 42.2 Å². The topological polar surface area (TPSA) is 26.0 Å². The Morgan fingerprint density at radius 2 is 1.75 bits per heavy atom. The zero-order chi connectivity index (χ0) is 11.8. The van der Waals surface area contributed by atoms with Crippen LogP contribution in [0.5, 0.6) is 0 Å². The Kier molecular flexibility index (Phi) is 2.83. The van der Waals surface area contributed by atoms with Gasteiger partial charge in [-0.15, -0.1) is 0 Å². The monoisotopic (exact) mass is 217 g/mol. The first-order chi connectivity index (χ1) is 7.45. The van der Waals surface area contributed by atoms with Crippen LogP contribution in [0.3, 0.4) is 0 Å². The molecule has 16 heavy (non-hydrogen) atoms. The lowest BCUT2D eigenvalue weighted by Gasteiger charge is -2.23. The lowest BCUT2D eigenvalue weighted by Crippen LogP contribution is -2.24. The maximum atomic E-state index is 6.13. The molecule has 0 saturated heterocycles. The minimum Gasteiger partial charge on any atom is -0.325 e. The smallest absolute Gasteiger partial charge is 0.0196 e. The van der Waals surface area contributed by atoms with Gasteiger partial charge in [0.05, 0.1) is 0 Å². The Labute approximate surface area is 99.0 Å². The van der Waals surface area contributed by atoms with Gasteiger partial charge in [0.2, 0.25) is 0 Å². The highest BCUT2D eigenvalue weighted by Crippen LogP contribution is 2.36. The van der Waals surface area contributed by atoms with Crippen molar-refractivity contribution in [1.29, 1.82) is 0 Å². The SMILES string of the molecule is CCC(C)(C)c1ccc(CC2(N)CC2)cc1. The lowest BCUT2D eigenvalue weighted by molar-refractivity contribution is 0.506. The summed E-state index contributed by atoms with van der Waals surface area (Å²) in [4.78, 5) is 0. The van der Waals surface area contributed by atoms with Crippen LogP contribution in [0.2, 0.25) is 0 Å². The van der Waals surface area contributed by atoms with E-state index in [-0.39, 0.29) is 5.54 Å². The molecule has 0 amide bonds. The number of hydrogen-bond acceptors (Lipinski definition) is 1. The molecule has 0 unspecified atom stereocenters. The van der Waals surface area contributed by atoms with Crippen molar-refractivity contribution in [2.24, 2.45) is 5.73 Å². The van der Waals surface area contributed by atoms with Gasteiger partial charge >= 0.3 is 0 Å². The van der Waals surface area contributed by atoms with E-state index in [1.807, 2.05) is 0 Å². The van der Waals surface area contributed by atoms with Gasteiger partial charge in [0.25, 0.3) is 0 Å². The van der Waals surface area contributed by atoms with Crippen molar-refractivity contribution in [3.8, 4) is 0 Å². The van der Waals surface area contributed by atoms with Gasteiger partial charge < -0.3 is 5.73 Å². The van der Waals surface area contributed by atoms with Crippen molar-refractivity contribution in [2.75, 3.05) is 0 Å². The molecule has 1 nitrogen and oxygen atoms in total. The summed E-state index contributed by atoms with van der Waals surface area (Å²) in [7, 11) is 0. The van der Waals surface area contributed by atoms with Gasteiger partial charge in [0.1, 0.15) is 0 Å². The molecule has 0 atom stereocenters. The zero-order valence-electron chi connectivity index (χ0n) is 10.7. The molecule has 88 valence electrons. The fraction of sp³-hybridized carbons (Fsp3) is 0.600. The van der Waals surface area contributed by atoms with E-state index in [1.54, 1.807) is 0 Å². The highest BCUT2D eigenvalue weighted by molar-refractivity contribution is 5.29. The van der Waals surface area contributed by atoms with Crippen molar-refractivity contribution in [3.05, 3.63) is 35.4 Å². The maximum absolute atomic E-state index is 6.13. The van der Waals surface area contributed by atoms with Crippen LogP contribution in [0.1, 0.15) is 51.2 Å². The Bertz CT molecular complexity index is 358. The summed E-state index contributed by atoms with van der Waals surface area (Å²) in [5, 5.41) is 0. The molecule has 0 aromatic heterocycles. The number of rotatable bonds is 4. The summed E-state index contributed by atoms with van der Waals surface area (Å²) in [6.07, 6.45) is 4.59. The Balaban J connectivity index is 2.10. The van der Waals surface area contributed by atoms with Crippen LogP contribution in [0.25, 0.3) is 0 Å². The van der Waals surface area contributed by atoms with Gasteiger partial charge in [-0.1, -0.05) is 45.0 Å². The molecule has 0 bridgehead atoms. The predicted octanol–water partition coefficient (Wildman–Crippen LogP) is 3.41. The molecular formula is C15H23N. The van der Waals surface area contributed by atoms with E-state index in [0.717, 1.165) is 6.42 Å². The van der Waals surface area contributed by atoms with E-state index in [1.165, 1.54) is 30.4 Å². The van der Waals surface area contributed by atoms with E-state index >= 15 is 0 Å². The number of hydrogen-bond donors (Lipinski definition) is 1. The standard InChI is InChI=1S/C15H23N/c1-4-14(2,3)13-7-5-12(6-8-13)11-15(16)9-10-15/h5-8H,4,9-11,16H2,1-3H3. The molecule has 1 aliphatic rings. The molecule has 1 heteroatoms. The third-order valence-electron chi connectivity index (χ3n) is 4.07. The predicted molar refractivity (Wildman–Crippen MR) is 69.6 cm³/mol. The molecule has 1 fully saturated rings. The quantitative estimate of drug-likeness (QED) is 0.821. The average Bonchev–Trinajstić information content (AvgIpc) is 2.97. The fourth-order valence-corrected chi connectivity index (χ4v) is 2.02. The van der Waals surface area contributed by atoms with Crippen molar-refractivity contribution >= 4 is 0 Å². The largest absolute Gasteiger partial charge is 0.325 e. The van der Waals surface area contributed by atoms with Crippen molar-refractivity contribution in [2.45, 2.75) is 57.4 Å². The number of nitrogens with two attached hydrogens (primary N) is 1. The van der Waals surface area contributed by atoms with Gasteiger partial charge in [-0.25, -0.2) is 0 Å². The Hall–Kier alpha value is -0.820. The minimum atomic E-state index is 0.127. The second-order valence-corrected chi connectivity index (χ2v) is 5.97. The average molecular weight is 217 g/mol. The van der Waals surface area contributed by atoms with Crippen molar-refractivity contribution in [3.63, 3.8) is 0 Å². The van der Waals surface area contributed by atoms with E-state index in [4.69, 9.17) is 5.73 Å². The minimum absolute atomic E-state index is 0.127. The molecule has 2 N–H and O–H groups in total. The van der Waals surface area contributed by atoms with Crippen LogP contribution >= 0.6 is 0 Å². The van der Waals surface area contributed by atoms with E-state index in [0.29, 0.717) is 5.41 Å². The van der Waals surface area contributed by atoms with E-state index in [9.17, 15) is 0 Å². The first-order valence-corrected chi connectivity index (χ1v) is 6.33. The van der Waals surface area contributed by atoms with Gasteiger partial charge in [-0.3, -0.25) is 0 Å². The van der Waals surface area contributed by atoms with Gasteiger partial charge in [0.15, 0.2) is 0 Å². The van der Waals surface area contributed by atoms with Crippen LogP contribution in [-0.2, 0) is 11.8 Å². The number of benzene rings is 1. The van der Waals surface area contributed by atoms with Crippen LogP contribution in [0, 0.1) is 0 Å². The lowest BCUT2D eigenvalue weighted by atomic mass is 9.82. The summed E-state index contributed by atoms with van der Waals surface area (Å²) in [6, 6.07) is 9.04. The molecule has 1 saturated carbocycles. The van der Waals surface area contributed by atoms with Crippen LogP contribution < -0.4 is 5.73 Å². The highest BCUT2D eigenvalue weighted by atomic mass is 14.8. The Morgan fingerprint density at radius 1 is 1.19 bits per heavy atom. The third-order valence-corrected chi connectivity index (χ3v) is 4.07. The fourth-order valence-electron chi connectivity index (χ4n) is 2.02. The maximum Gasteiger partial charge on any atom is 0.0196 e. The Morgan fingerprint density at radius 3 is 2.19 bits per heavy atom. The molecule has 1 aliphatic carbocycles. The summed E-state index contributed by atoms with van der Waals surface area (Å²) in [6.45, 7) is 6.84. The van der Waals surface area contributed by atoms with Crippen LogP contribution in [-0.4, -0.2) is 5.54 Å². The first-order valence-electron chi connectivity index (χ1n) is 6.33. The highest BCUT2D eigenvalue weighted by Gasteiger charge is 2.37. The molecule has 1 aromatic rings. The first kappa shape index (κ1) is 11.7. The molecular weight excluding hydrogens is 194 g/mol. The van der Waals surface area contributed by atoms with Crippen molar-refractivity contribution < 1.29 is 0 Å². The zero-order valence-corrected chi connectivity index (χ0v) is 10.7. The van der Waals surface area contributed by atoms with E-state index in [2.05, 4.69) is 45.0 Å². The summed E-state index contributed by atoms with van der Waals surface area (Å²) < 4.78 is 0. The molecule has 0 heterocycles. The molecule has 0 spiro atoms. The summed E-state index contributed by atoms with van der Waals surface area (Å²) in [5.74, 6) is 0. The third kappa shape index (κ3) is 2.46. The summed E-state index contributed by atoms with van der Waals surface area (Å²) in [5.41, 5.74) is 9.36. The van der Waals surface area contributed by atoms with Gasteiger partial charge in [0, 0.05) is 5.54 Å². The van der Waals surface area contributed by atoms with Crippen molar-refractivity contribution in [1.82, 2.24) is 0 Å². The van der Waals surface area contributed by atoms with Crippen LogP contribution in [0.4, 0.5) is 0 Å². The molecule has 0 aliphatic heterocycles. The van der Waals surface area contributed by atoms with E-state index < -0.39 is 0 Å². The summed E-state index contributed by atoms with van der Waals surface area (Å²) >= 11 is 0.